The average Bonchev–Trinajstić information content (AvgIpc) is 3.16. The summed E-state index contributed by atoms with van der Waals surface area (Å²) in [6.07, 6.45) is 3.40. The number of benzene rings is 1. The lowest BCUT2D eigenvalue weighted by Crippen LogP contribution is -2.40. The van der Waals surface area contributed by atoms with Gasteiger partial charge in [-0.2, -0.15) is 5.10 Å². The molecule has 6 nitrogen and oxygen atoms in total. The molecule has 23 heavy (non-hydrogen) atoms. The van der Waals surface area contributed by atoms with Gasteiger partial charge < -0.3 is 10.0 Å². The number of rotatable bonds is 4. The fourth-order valence-corrected chi connectivity index (χ4v) is 3.06. The zero-order valence-electron chi connectivity index (χ0n) is 12.7. The van der Waals surface area contributed by atoms with Gasteiger partial charge in [0.2, 0.25) is 0 Å². The number of aliphatic hydroxyl groups is 1. The van der Waals surface area contributed by atoms with Crippen molar-refractivity contribution in [3.05, 3.63) is 47.1 Å². The van der Waals surface area contributed by atoms with Crippen LogP contribution in [-0.4, -0.2) is 45.0 Å². The van der Waals surface area contributed by atoms with Crippen molar-refractivity contribution < 1.29 is 9.90 Å². The Morgan fingerprint density at radius 1 is 1.43 bits per heavy atom. The lowest BCUT2D eigenvalue weighted by Gasteiger charge is -2.23. The fraction of sp³-hybridized carbons (Fsp3) is 0.375. The number of halogens is 1. The number of aliphatic hydroxyl groups excluding tert-OH is 1. The number of nitrogens with one attached hydrogen (secondary N) is 1. The molecule has 1 aromatic heterocycles. The molecule has 2 N–H and O–H groups in total. The number of aromatic nitrogens is 2. The standard InChI is InChI=1S/C16H19ClN4O2/c17-13-4-1-3-12(9-13)10-21-15(6-7-18-21)19-16(23)20-8-2-5-14(20)11-22/h1,3-4,6-7,9,14,22H,2,5,8,10-11H2,(H,19,23). The molecule has 0 radical (unpaired) electrons. The second-order valence-electron chi connectivity index (χ2n) is 5.61. The smallest absolute Gasteiger partial charge is 0.323 e. The summed E-state index contributed by atoms with van der Waals surface area (Å²) in [6.45, 7) is 1.18. The van der Waals surface area contributed by atoms with E-state index < -0.39 is 0 Å². The third-order valence-electron chi connectivity index (χ3n) is 4.02. The van der Waals surface area contributed by atoms with Gasteiger partial charge in [-0.25, -0.2) is 9.48 Å². The maximum absolute atomic E-state index is 12.4. The highest BCUT2D eigenvalue weighted by Crippen LogP contribution is 2.19. The minimum Gasteiger partial charge on any atom is -0.394 e. The molecule has 1 aliphatic heterocycles. The molecule has 2 heterocycles. The zero-order valence-corrected chi connectivity index (χ0v) is 13.4. The highest BCUT2D eigenvalue weighted by molar-refractivity contribution is 6.30. The maximum atomic E-state index is 12.4. The molecule has 0 aliphatic carbocycles. The molecule has 1 atom stereocenters. The van der Waals surface area contributed by atoms with Gasteiger partial charge in [-0.15, -0.1) is 0 Å². The minimum atomic E-state index is -0.200. The molecule has 2 amide bonds. The van der Waals surface area contributed by atoms with Gasteiger partial charge in [-0.3, -0.25) is 5.32 Å². The molecular formula is C16H19ClN4O2. The SMILES string of the molecule is O=C(Nc1ccnn1Cc1cccc(Cl)c1)N1CCCC1CO. The Balaban J connectivity index is 1.70. The molecule has 3 rings (SSSR count). The summed E-state index contributed by atoms with van der Waals surface area (Å²) < 4.78 is 1.72. The van der Waals surface area contributed by atoms with Crippen LogP contribution in [0.15, 0.2) is 36.5 Å². The van der Waals surface area contributed by atoms with Crippen molar-refractivity contribution in [2.24, 2.45) is 0 Å². The summed E-state index contributed by atoms with van der Waals surface area (Å²) in [4.78, 5) is 14.1. The lowest BCUT2D eigenvalue weighted by molar-refractivity contribution is 0.166. The van der Waals surface area contributed by atoms with Crippen LogP contribution in [0.1, 0.15) is 18.4 Å². The Morgan fingerprint density at radius 2 is 2.30 bits per heavy atom. The van der Waals surface area contributed by atoms with Gasteiger partial charge in [-0.05, 0) is 30.5 Å². The van der Waals surface area contributed by atoms with E-state index in [9.17, 15) is 9.90 Å². The molecule has 1 saturated heterocycles. The molecule has 1 aromatic carbocycles. The van der Waals surface area contributed by atoms with E-state index in [1.165, 1.54) is 0 Å². The third-order valence-corrected chi connectivity index (χ3v) is 4.26. The summed E-state index contributed by atoms with van der Waals surface area (Å²) in [5.74, 6) is 0.624. The molecule has 0 spiro atoms. The predicted molar refractivity (Wildman–Crippen MR) is 88.6 cm³/mol. The molecular weight excluding hydrogens is 316 g/mol. The van der Waals surface area contributed by atoms with E-state index >= 15 is 0 Å². The number of hydrogen-bond donors (Lipinski definition) is 2. The first kappa shape index (κ1) is 15.8. The summed E-state index contributed by atoms with van der Waals surface area (Å²) >= 11 is 6.00. The lowest BCUT2D eigenvalue weighted by atomic mass is 10.2. The number of hydrogen-bond acceptors (Lipinski definition) is 3. The number of carbonyl (C=O) groups is 1. The minimum absolute atomic E-state index is 0.00477. The number of urea groups is 1. The first-order chi connectivity index (χ1) is 11.2. The zero-order chi connectivity index (χ0) is 16.2. The summed E-state index contributed by atoms with van der Waals surface area (Å²) in [7, 11) is 0. The summed E-state index contributed by atoms with van der Waals surface area (Å²) in [6, 6.07) is 8.99. The second kappa shape index (κ2) is 7.02. The van der Waals surface area contributed by atoms with Crippen LogP contribution in [0.25, 0.3) is 0 Å². The Kier molecular flexibility index (Phi) is 4.83. The summed E-state index contributed by atoms with van der Waals surface area (Å²) in [5.41, 5.74) is 1.01. The van der Waals surface area contributed by atoms with Gasteiger partial charge in [0.05, 0.1) is 25.4 Å². The van der Waals surface area contributed by atoms with Gasteiger partial charge in [0.15, 0.2) is 0 Å². The quantitative estimate of drug-likeness (QED) is 0.902. The Bertz CT molecular complexity index is 688. The molecule has 0 bridgehead atoms. The predicted octanol–water partition coefficient (Wildman–Crippen LogP) is 2.57. The highest BCUT2D eigenvalue weighted by atomic mass is 35.5. The van der Waals surface area contributed by atoms with E-state index in [1.807, 2.05) is 24.3 Å². The highest BCUT2D eigenvalue weighted by Gasteiger charge is 2.28. The molecule has 2 aromatic rings. The van der Waals surface area contributed by atoms with E-state index in [4.69, 9.17) is 11.6 Å². The van der Waals surface area contributed by atoms with Gasteiger partial charge in [-0.1, -0.05) is 23.7 Å². The van der Waals surface area contributed by atoms with Crippen LogP contribution in [0.5, 0.6) is 0 Å². The molecule has 122 valence electrons. The van der Waals surface area contributed by atoms with E-state index in [-0.39, 0.29) is 18.7 Å². The van der Waals surface area contributed by atoms with E-state index in [0.717, 1.165) is 18.4 Å². The first-order valence-corrected chi connectivity index (χ1v) is 8.00. The van der Waals surface area contributed by atoms with Gasteiger partial charge in [0, 0.05) is 17.6 Å². The molecule has 1 fully saturated rings. The van der Waals surface area contributed by atoms with Crippen molar-refractivity contribution in [1.29, 1.82) is 0 Å². The number of nitrogens with zero attached hydrogens (tertiary/aromatic N) is 3. The van der Waals surface area contributed by atoms with Crippen molar-refractivity contribution in [1.82, 2.24) is 14.7 Å². The number of carbonyl (C=O) groups excluding carboxylic acids is 1. The number of anilines is 1. The third kappa shape index (κ3) is 3.65. The van der Waals surface area contributed by atoms with Crippen LogP contribution in [0, 0.1) is 0 Å². The van der Waals surface area contributed by atoms with E-state index in [1.54, 1.807) is 21.8 Å². The van der Waals surface area contributed by atoms with Crippen molar-refractivity contribution in [2.45, 2.75) is 25.4 Å². The molecule has 1 unspecified atom stereocenters. The van der Waals surface area contributed by atoms with E-state index in [0.29, 0.717) is 23.9 Å². The maximum Gasteiger partial charge on any atom is 0.323 e. The van der Waals surface area contributed by atoms with E-state index in [2.05, 4.69) is 10.4 Å². The van der Waals surface area contributed by atoms with Crippen molar-refractivity contribution >= 4 is 23.4 Å². The van der Waals surface area contributed by atoms with Gasteiger partial charge in [0.1, 0.15) is 5.82 Å². The van der Waals surface area contributed by atoms with Crippen molar-refractivity contribution in [2.75, 3.05) is 18.5 Å². The van der Waals surface area contributed by atoms with Crippen LogP contribution in [0.4, 0.5) is 10.6 Å². The average molecular weight is 335 g/mol. The van der Waals surface area contributed by atoms with Crippen LogP contribution in [0.2, 0.25) is 5.02 Å². The van der Waals surface area contributed by atoms with Crippen molar-refractivity contribution in [3.8, 4) is 0 Å². The van der Waals surface area contributed by atoms with Crippen LogP contribution >= 0.6 is 11.6 Å². The number of amides is 2. The normalized spacial score (nSPS) is 17.5. The van der Waals surface area contributed by atoms with Gasteiger partial charge >= 0.3 is 6.03 Å². The van der Waals surface area contributed by atoms with Crippen LogP contribution in [0.3, 0.4) is 0 Å². The first-order valence-electron chi connectivity index (χ1n) is 7.62. The topological polar surface area (TPSA) is 70.4 Å². The molecule has 0 saturated carbocycles. The van der Waals surface area contributed by atoms with Crippen molar-refractivity contribution in [3.63, 3.8) is 0 Å². The largest absolute Gasteiger partial charge is 0.394 e. The Labute approximate surface area is 139 Å². The monoisotopic (exact) mass is 334 g/mol. The van der Waals surface area contributed by atoms with Crippen LogP contribution in [-0.2, 0) is 6.54 Å². The number of likely N-dealkylation sites (tertiary alicyclic amines) is 1. The second-order valence-corrected chi connectivity index (χ2v) is 6.04. The summed E-state index contributed by atoms with van der Waals surface area (Å²) in [5, 5.41) is 17.1. The molecule has 7 heteroatoms. The molecule has 1 aliphatic rings. The van der Waals surface area contributed by atoms with Gasteiger partial charge in [0.25, 0.3) is 0 Å². The Morgan fingerprint density at radius 3 is 3.09 bits per heavy atom. The Hall–Kier alpha value is -2.05. The fourth-order valence-electron chi connectivity index (χ4n) is 2.85. The van der Waals surface area contributed by atoms with Crippen LogP contribution < -0.4 is 5.32 Å².